The van der Waals surface area contributed by atoms with Gasteiger partial charge in [0.15, 0.2) is 0 Å². The van der Waals surface area contributed by atoms with Gasteiger partial charge in [-0.15, -0.1) is 0 Å². The van der Waals surface area contributed by atoms with Crippen LogP contribution in [0.25, 0.3) is 0 Å². The molecule has 0 fully saturated rings. The molecule has 4 nitrogen and oxygen atoms in total. The molecule has 0 spiro atoms. The van der Waals surface area contributed by atoms with Crippen LogP contribution in [-0.2, 0) is 5.41 Å². The van der Waals surface area contributed by atoms with Crippen molar-refractivity contribution < 1.29 is 0 Å². The number of nitrogens with one attached hydrogen (secondary N) is 2. The first-order valence-electron chi connectivity index (χ1n) is 5.04. The zero-order chi connectivity index (χ0) is 11.1. The van der Waals surface area contributed by atoms with Crippen molar-refractivity contribution in [2.75, 3.05) is 0 Å². The van der Waals surface area contributed by atoms with Gasteiger partial charge in [-0.3, -0.25) is 10.2 Å². The molecule has 2 aromatic rings. The van der Waals surface area contributed by atoms with Crippen molar-refractivity contribution in [2.24, 2.45) is 0 Å². The summed E-state index contributed by atoms with van der Waals surface area (Å²) >= 11 is 0. The molecule has 0 aliphatic rings. The van der Waals surface area contributed by atoms with Crippen molar-refractivity contribution in [1.82, 2.24) is 20.4 Å². The number of hydrogen-bond donors (Lipinski definition) is 2. The fourth-order valence-electron chi connectivity index (χ4n) is 2.11. The number of nitrogens with zero attached hydrogens (tertiary/aromatic N) is 2. The smallest absolute Gasteiger partial charge is 0.0530 e. The number of aryl methyl sites for hydroxylation is 2. The van der Waals surface area contributed by atoms with Crippen LogP contribution in [0.3, 0.4) is 0 Å². The molecular formula is C11H16N4. The third kappa shape index (κ3) is 1.46. The summed E-state index contributed by atoms with van der Waals surface area (Å²) in [5, 5.41) is 14.1. The minimum atomic E-state index is -0.0613. The van der Waals surface area contributed by atoms with Gasteiger partial charge in [0, 0.05) is 27.9 Å². The number of aromatic amines is 2. The minimum absolute atomic E-state index is 0.0613. The van der Waals surface area contributed by atoms with E-state index in [0.717, 1.165) is 11.4 Å². The van der Waals surface area contributed by atoms with Gasteiger partial charge >= 0.3 is 0 Å². The summed E-state index contributed by atoms with van der Waals surface area (Å²) in [6.07, 6.45) is 3.78. The van der Waals surface area contributed by atoms with E-state index in [9.17, 15) is 0 Å². The van der Waals surface area contributed by atoms with E-state index in [1.807, 2.05) is 26.2 Å². The molecule has 0 atom stereocenters. The predicted octanol–water partition coefficient (Wildman–Crippen LogP) is 2.08. The Morgan fingerprint density at radius 3 is 1.60 bits per heavy atom. The molecule has 4 heteroatoms. The molecule has 80 valence electrons. The van der Waals surface area contributed by atoms with E-state index in [4.69, 9.17) is 0 Å². The second-order valence-corrected chi connectivity index (χ2v) is 4.44. The van der Waals surface area contributed by atoms with Crippen LogP contribution < -0.4 is 0 Å². The van der Waals surface area contributed by atoms with Gasteiger partial charge in [-0.2, -0.15) is 10.2 Å². The van der Waals surface area contributed by atoms with E-state index in [-0.39, 0.29) is 5.41 Å². The van der Waals surface area contributed by atoms with Gasteiger partial charge in [0.1, 0.15) is 0 Å². The topological polar surface area (TPSA) is 57.4 Å². The van der Waals surface area contributed by atoms with Crippen LogP contribution >= 0.6 is 0 Å². The Labute approximate surface area is 89.1 Å². The van der Waals surface area contributed by atoms with Gasteiger partial charge in [-0.1, -0.05) is 13.8 Å². The molecule has 0 saturated carbocycles. The molecule has 0 aromatic carbocycles. The van der Waals surface area contributed by atoms with Gasteiger partial charge in [-0.05, 0) is 13.8 Å². The SMILES string of the molecule is Cc1[nH]ncc1C(C)(C)c1cn[nH]c1C. The van der Waals surface area contributed by atoms with Crippen molar-refractivity contribution in [3.05, 3.63) is 34.9 Å². The van der Waals surface area contributed by atoms with Gasteiger partial charge < -0.3 is 0 Å². The predicted molar refractivity (Wildman–Crippen MR) is 58.8 cm³/mol. The van der Waals surface area contributed by atoms with Crippen LogP contribution in [0.1, 0.15) is 36.4 Å². The van der Waals surface area contributed by atoms with E-state index in [1.165, 1.54) is 11.1 Å². The van der Waals surface area contributed by atoms with Crippen LogP contribution in [0.2, 0.25) is 0 Å². The minimum Gasteiger partial charge on any atom is -0.283 e. The quantitative estimate of drug-likeness (QED) is 0.786. The molecular weight excluding hydrogens is 188 g/mol. The number of H-pyrrole nitrogens is 2. The monoisotopic (exact) mass is 204 g/mol. The van der Waals surface area contributed by atoms with E-state index in [0.29, 0.717) is 0 Å². The maximum absolute atomic E-state index is 4.07. The fraction of sp³-hybridized carbons (Fsp3) is 0.455. The fourth-order valence-corrected chi connectivity index (χ4v) is 2.11. The first kappa shape index (κ1) is 9.96. The molecule has 2 rings (SSSR count). The zero-order valence-corrected chi connectivity index (χ0v) is 9.55. The normalized spacial score (nSPS) is 12.0. The van der Waals surface area contributed by atoms with Crippen molar-refractivity contribution in [1.29, 1.82) is 0 Å². The van der Waals surface area contributed by atoms with Crippen LogP contribution in [0, 0.1) is 13.8 Å². The molecule has 0 bridgehead atoms. The third-order valence-corrected chi connectivity index (χ3v) is 3.01. The third-order valence-electron chi connectivity index (χ3n) is 3.01. The average molecular weight is 204 g/mol. The lowest BCUT2D eigenvalue weighted by molar-refractivity contribution is 0.632. The summed E-state index contributed by atoms with van der Waals surface area (Å²) in [5.74, 6) is 0. The summed E-state index contributed by atoms with van der Waals surface area (Å²) in [4.78, 5) is 0. The lowest BCUT2D eigenvalue weighted by Crippen LogP contribution is -2.19. The van der Waals surface area contributed by atoms with Crippen LogP contribution in [0.5, 0.6) is 0 Å². The van der Waals surface area contributed by atoms with Gasteiger partial charge in [-0.25, -0.2) is 0 Å². The van der Waals surface area contributed by atoms with Crippen molar-refractivity contribution in [3.8, 4) is 0 Å². The van der Waals surface area contributed by atoms with E-state index < -0.39 is 0 Å². The molecule has 2 N–H and O–H groups in total. The Balaban J connectivity index is 2.53. The zero-order valence-electron chi connectivity index (χ0n) is 9.55. The van der Waals surface area contributed by atoms with E-state index >= 15 is 0 Å². The van der Waals surface area contributed by atoms with E-state index in [2.05, 4.69) is 34.2 Å². The molecule has 0 amide bonds. The summed E-state index contributed by atoms with van der Waals surface area (Å²) < 4.78 is 0. The summed E-state index contributed by atoms with van der Waals surface area (Å²) in [5.41, 5.74) is 4.59. The molecule has 0 radical (unpaired) electrons. The lowest BCUT2D eigenvalue weighted by Gasteiger charge is -2.23. The first-order valence-corrected chi connectivity index (χ1v) is 5.04. The Bertz CT molecular complexity index is 422. The Kier molecular flexibility index (Phi) is 2.14. The Morgan fingerprint density at radius 1 is 0.933 bits per heavy atom. The Morgan fingerprint density at radius 2 is 1.33 bits per heavy atom. The summed E-state index contributed by atoms with van der Waals surface area (Å²) in [6, 6.07) is 0. The van der Waals surface area contributed by atoms with Crippen LogP contribution in [0.15, 0.2) is 12.4 Å². The van der Waals surface area contributed by atoms with Gasteiger partial charge in [0.05, 0.1) is 12.4 Å². The number of hydrogen-bond acceptors (Lipinski definition) is 2. The largest absolute Gasteiger partial charge is 0.283 e. The molecule has 0 aliphatic carbocycles. The second kappa shape index (κ2) is 3.22. The highest BCUT2D eigenvalue weighted by molar-refractivity contribution is 5.38. The van der Waals surface area contributed by atoms with Crippen LogP contribution in [0.4, 0.5) is 0 Å². The summed E-state index contributed by atoms with van der Waals surface area (Å²) in [6.45, 7) is 8.45. The Hall–Kier alpha value is -1.58. The average Bonchev–Trinajstić information content (AvgIpc) is 2.73. The molecule has 0 saturated heterocycles. The molecule has 15 heavy (non-hydrogen) atoms. The van der Waals surface area contributed by atoms with Gasteiger partial charge in [0.25, 0.3) is 0 Å². The molecule has 0 unspecified atom stereocenters. The van der Waals surface area contributed by atoms with Gasteiger partial charge in [0.2, 0.25) is 0 Å². The molecule has 2 aromatic heterocycles. The second-order valence-electron chi connectivity index (χ2n) is 4.44. The molecule has 2 heterocycles. The summed E-state index contributed by atoms with van der Waals surface area (Å²) in [7, 11) is 0. The highest BCUT2D eigenvalue weighted by Gasteiger charge is 2.28. The highest BCUT2D eigenvalue weighted by Crippen LogP contribution is 2.33. The standard InChI is InChI=1S/C11H16N4/c1-7-9(5-12-14-7)11(3,4)10-6-13-15-8(10)2/h5-6H,1-4H3,(H,12,14)(H,13,15). The maximum Gasteiger partial charge on any atom is 0.0530 e. The lowest BCUT2D eigenvalue weighted by atomic mass is 9.78. The highest BCUT2D eigenvalue weighted by atomic mass is 15.1. The first-order chi connectivity index (χ1) is 7.03. The van der Waals surface area contributed by atoms with Crippen LogP contribution in [-0.4, -0.2) is 20.4 Å². The number of aromatic nitrogens is 4. The number of rotatable bonds is 2. The van der Waals surface area contributed by atoms with Crippen molar-refractivity contribution in [2.45, 2.75) is 33.1 Å². The van der Waals surface area contributed by atoms with Crippen molar-refractivity contribution >= 4 is 0 Å². The molecule has 0 aliphatic heterocycles. The maximum atomic E-state index is 4.07. The van der Waals surface area contributed by atoms with Crippen molar-refractivity contribution in [3.63, 3.8) is 0 Å². The van der Waals surface area contributed by atoms with E-state index in [1.54, 1.807) is 0 Å².